The number of amides is 1. The van der Waals surface area contributed by atoms with Crippen LogP contribution in [0.4, 0.5) is 0 Å². The zero-order chi connectivity index (χ0) is 18.2. The normalized spacial score (nSPS) is 11.2. The monoisotopic (exact) mass is 472 g/mol. The highest BCUT2D eigenvalue weighted by molar-refractivity contribution is 14.0. The van der Waals surface area contributed by atoms with Crippen molar-refractivity contribution in [1.29, 1.82) is 0 Å². The molecule has 2 aromatic rings. The summed E-state index contributed by atoms with van der Waals surface area (Å²) in [6, 6.07) is 10.00. The van der Waals surface area contributed by atoms with Crippen LogP contribution in [-0.4, -0.2) is 55.9 Å². The lowest BCUT2D eigenvalue weighted by Gasteiger charge is -2.21. The van der Waals surface area contributed by atoms with Gasteiger partial charge in [-0.05, 0) is 18.6 Å². The molecule has 7 heteroatoms. The maximum atomic E-state index is 11.8. The number of rotatable bonds is 7. The number of likely N-dealkylation sites (N-methyl/N-ethyl adjacent to an activating group) is 1. The Morgan fingerprint density at radius 3 is 2.62 bits per heavy atom. The highest BCUT2D eigenvalue weighted by Gasteiger charge is 2.12. The van der Waals surface area contributed by atoms with E-state index in [2.05, 4.69) is 17.2 Å². The molecular weight excluding hydrogens is 443 g/mol. The molecule has 0 saturated heterocycles. The average Bonchev–Trinajstić information content (AvgIpc) is 2.99. The second-order valence-corrected chi connectivity index (χ2v) is 6.31. The molecule has 0 aliphatic carbocycles. The van der Waals surface area contributed by atoms with E-state index in [0.717, 1.165) is 36.1 Å². The Morgan fingerprint density at radius 2 is 1.96 bits per heavy atom. The third-order valence-electron chi connectivity index (χ3n) is 3.91. The van der Waals surface area contributed by atoms with E-state index < -0.39 is 0 Å². The Hall–Kier alpha value is -1.77. The van der Waals surface area contributed by atoms with Gasteiger partial charge in [-0.25, -0.2) is 4.99 Å². The molecule has 0 bridgehead atoms. The van der Waals surface area contributed by atoms with Crippen LogP contribution in [0.5, 0.6) is 0 Å². The van der Waals surface area contributed by atoms with E-state index >= 15 is 0 Å². The zero-order valence-electron chi connectivity index (χ0n) is 16.0. The van der Waals surface area contributed by atoms with E-state index in [0.29, 0.717) is 12.5 Å². The average molecular weight is 472 g/mol. The fraction of sp³-hybridized carbons (Fsp3) is 0.474. The minimum absolute atomic E-state index is 0. The third kappa shape index (κ3) is 6.51. The number of furan rings is 1. The quantitative estimate of drug-likeness (QED) is 0.291. The summed E-state index contributed by atoms with van der Waals surface area (Å²) < 4.78 is 5.88. The number of nitrogens with zero attached hydrogens (tertiary/aromatic N) is 3. The van der Waals surface area contributed by atoms with Gasteiger partial charge in [-0.1, -0.05) is 31.5 Å². The van der Waals surface area contributed by atoms with Crippen LogP contribution in [0.3, 0.4) is 0 Å². The summed E-state index contributed by atoms with van der Waals surface area (Å²) in [5.41, 5.74) is 0.881. The zero-order valence-corrected chi connectivity index (χ0v) is 18.3. The Labute approximate surface area is 172 Å². The van der Waals surface area contributed by atoms with Crippen molar-refractivity contribution in [2.75, 3.05) is 34.2 Å². The van der Waals surface area contributed by atoms with E-state index in [9.17, 15) is 4.79 Å². The van der Waals surface area contributed by atoms with Crippen molar-refractivity contribution in [2.45, 2.75) is 26.3 Å². The number of halogens is 1. The van der Waals surface area contributed by atoms with E-state index in [-0.39, 0.29) is 36.4 Å². The highest BCUT2D eigenvalue weighted by Crippen LogP contribution is 2.19. The van der Waals surface area contributed by atoms with Crippen LogP contribution in [0.15, 0.2) is 39.7 Å². The number of fused-ring (bicyclic) bond motifs is 1. The van der Waals surface area contributed by atoms with Crippen molar-refractivity contribution in [3.05, 3.63) is 36.1 Å². The van der Waals surface area contributed by atoms with E-state index in [1.165, 1.54) is 0 Å². The maximum Gasteiger partial charge on any atom is 0.243 e. The SMILES string of the molecule is CCCCNC(=NCC(=O)N(C)C)N(C)Cc1cc2ccccc2o1.I. The third-order valence-corrected chi connectivity index (χ3v) is 3.91. The van der Waals surface area contributed by atoms with Gasteiger partial charge in [0.15, 0.2) is 5.96 Å². The van der Waals surface area contributed by atoms with E-state index in [4.69, 9.17) is 4.42 Å². The van der Waals surface area contributed by atoms with Gasteiger partial charge in [-0.3, -0.25) is 4.79 Å². The molecule has 0 atom stereocenters. The Morgan fingerprint density at radius 1 is 1.23 bits per heavy atom. The van der Waals surface area contributed by atoms with Crippen molar-refractivity contribution in [2.24, 2.45) is 4.99 Å². The van der Waals surface area contributed by atoms with Gasteiger partial charge in [0, 0.05) is 33.1 Å². The lowest BCUT2D eigenvalue weighted by molar-refractivity contribution is -0.127. The Kier molecular flexibility index (Phi) is 9.47. The smallest absolute Gasteiger partial charge is 0.243 e. The number of para-hydroxylation sites is 1. The second-order valence-electron chi connectivity index (χ2n) is 6.31. The van der Waals surface area contributed by atoms with Crippen LogP contribution < -0.4 is 5.32 Å². The molecule has 1 aromatic heterocycles. The largest absolute Gasteiger partial charge is 0.459 e. The molecule has 0 aliphatic rings. The van der Waals surface area contributed by atoms with Crippen molar-refractivity contribution < 1.29 is 9.21 Å². The van der Waals surface area contributed by atoms with Gasteiger partial charge in [0.25, 0.3) is 0 Å². The molecule has 1 amide bonds. The van der Waals surface area contributed by atoms with Crippen molar-refractivity contribution in [3.63, 3.8) is 0 Å². The minimum Gasteiger partial charge on any atom is -0.459 e. The molecule has 144 valence electrons. The van der Waals surface area contributed by atoms with Crippen LogP contribution in [0, 0.1) is 0 Å². The van der Waals surface area contributed by atoms with Gasteiger partial charge < -0.3 is 19.5 Å². The summed E-state index contributed by atoms with van der Waals surface area (Å²) >= 11 is 0. The summed E-state index contributed by atoms with van der Waals surface area (Å²) in [4.78, 5) is 19.8. The van der Waals surface area contributed by atoms with Crippen molar-refractivity contribution in [3.8, 4) is 0 Å². The first kappa shape index (κ1) is 22.3. The Bertz CT molecular complexity index is 694. The summed E-state index contributed by atoms with van der Waals surface area (Å²) in [5.74, 6) is 1.56. The summed E-state index contributed by atoms with van der Waals surface area (Å²) in [5, 5.41) is 4.42. The van der Waals surface area contributed by atoms with Crippen LogP contribution in [0.1, 0.15) is 25.5 Å². The molecule has 0 fully saturated rings. The number of aliphatic imine (C=N–C) groups is 1. The highest BCUT2D eigenvalue weighted by atomic mass is 127. The number of carbonyl (C=O) groups excluding carboxylic acids is 1. The van der Waals surface area contributed by atoms with Gasteiger partial charge in [0.1, 0.15) is 17.9 Å². The van der Waals surface area contributed by atoms with E-state index in [1.54, 1.807) is 19.0 Å². The number of hydrogen-bond donors (Lipinski definition) is 1. The molecule has 2 rings (SSSR count). The van der Waals surface area contributed by atoms with Crippen LogP contribution in [-0.2, 0) is 11.3 Å². The van der Waals surface area contributed by atoms with Gasteiger partial charge in [0.2, 0.25) is 5.91 Å². The first-order chi connectivity index (χ1) is 12.0. The minimum atomic E-state index is -0.0214. The molecule has 1 aromatic carbocycles. The van der Waals surface area contributed by atoms with E-state index in [1.807, 2.05) is 42.3 Å². The fourth-order valence-electron chi connectivity index (χ4n) is 2.40. The number of benzene rings is 1. The predicted molar refractivity (Wildman–Crippen MR) is 117 cm³/mol. The molecule has 6 nitrogen and oxygen atoms in total. The summed E-state index contributed by atoms with van der Waals surface area (Å²) in [7, 11) is 5.42. The molecule has 0 aliphatic heterocycles. The van der Waals surface area contributed by atoms with Crippen molar-refractivity contribution >= 4 is 46.8 Å². The lowest BCUT2D eigenvalue weighted by atomic mass is 10.2. The first-order valence-electron chi connectivity index (χ1n) is 8.68. The molecule has 26 heavy (non-hydrogen) atoms. The van der Waals surface area contributed by atoms with Crippen LogP contribution in [0.25, 0.3) is 11.0 Å². The van der Waals surface area contributed by atoms with Crippen LogP contribution >= 0.6 is 24.0 Å². The standard InChI is InChI=1S/C19H28N4O2.HI/c1-5-6-11-20-19(21-13-18(24)22(2)3)23(4)14-16-12-15-9-7-8-10-17(15)25-16;/h7-10,12H,5-6,11,13-14H2,1-4H3,(H,20,21);1H. The first-order valence-corrected chi connectivity index (χ1v) is 8.68. The van der Waals surface area contributed by atoms with Gasteiger partial charge in [-0.15, -0.1) is 24.0 Å². The topological polar surface area (TPSA) is 61.1 Å². The summed E-state index contributed by atoms with van der Waals surface area (Å²) in [6.45, 7) is 3.69. The molecule has 0 unspecified atom stereocenters. The van der Waals surface area contributed by atoms with Crippen molar-refractivity contribution in [1.82, 2.24) is 15.1 Å². The molecule has 1 heterocycles. The van der Waals surface area contributed by atoms with Gasteiger partial charge in [-0.2, -0.15) is 0 Å². The fourth-order valence-corrected chi connectivity index (χ4v) is 2.40. The van der Waals surface area contributed by atoms with Gasteiger partial charge in [0.05, 0.1) is 6.54 Å². The summed E-state index contributed by atoms with van der Waals surface area (Å²) in [6.07, 6.45) is 2.16. The lowest BCUT2D eigenvalue weighted by Crippen LogP contribution is -2.40. The maximum absolute atomic E-state index is 11.8. The second kappa shape index (κ2) is 11.1. The predicted octanol–water partition coefficient (Wildman–Crippen LogP) is 3.32. The number of nitrogens with one attached hydrogen (secondary N) is 1. The van der Waals surface area contributed by atoms with Gasteiger partial charge >= 0.3 is 0 Å². The molecule has 0 saturated carbocycles. The number of carbonyl (C=O) groups is 1. The molecule has 1 N–H and O–H groups in total. The molecular formula is C19H29IN4O2. The van der Waals surface area contributed by atoms with Crippen LogP contribution in [0.2, 0.25) is 0 Å². The molecule has 0 spiro atoms. The molecule has 0 radical (unpaired) electrons. The number of hydrogen-bond acceptors (Lipinski definition) is 3. The Balaban J connectivity index is 0.00000338. The number of unbranched alkanes of at least 4 members (excludes halogenated alkanes) is 1. The number of guanidine groups is 1.